The Morgan fingerprint density at radius 2 is 2.20 bits per heavy atom. The number of nitrogens with zero attached hydrogens (tertiary/aromatic N) is 2. The van der Waals surface area contributed by atoms with E-state index in [1.54, 1.807) is 11.3 Å². The molecule has 1 aliphatic carbocycles. The van der Waals surface area contributed by atoms with E-state index < -0.39 is 0 Å². The van der Waals surface area contributed by atoms with Crippen LogP contribution in [0.1, 0.15) is 19.3 Å². The molecule has 1 fully saturated rings. The summed E-state index contributed by atoms with van der Waals surface area (Å²) >= 11 is 1.62. The standard InChI is InChI=1S/C14H20N4OS/c1-15-14-17-12(11-5-6-20-13(11)18-14)16-7-9-3-2-4-10(9)8-19/h5-6,9-10,19H,2-4,7-8H2,1H3,(H2,15,16,17,18). The van der Waals surface area contributed by atoms with Crippen LogP contribution in [0.4, 0.5) is 11.8 Å². The maximum atomic E-state index is 9.39. The molecule has 0 saturated heterocycles. The van der Waals surface area contributed by atoms with Crippen LogP contribution in [0.2, 0.25) is 0 Å². The largest absolute Gasteiger partial charge is 0.396 e. The van der Waals surface area contributed by atoms with Crippen LogP contribution in [0.25, 0.3) is 10.2 Å². The molecule has 0 radical (unpaired) electrons. The minimum absolute atomic E-state index is 0.297. The molecule has 2 heterocycles. The van der Waals surface area contributed by atoms with Gasteiger partial charge >= 0.3 is 0 Å². The lowest BCUT2D eigenvalue weighted by Crippen LogP contribution is -2.21. The number of nitrogens with one attached hydrogen (secondary N) is 2. The molecule has 2 atom stereocenters. The van der Waals surface area contributed by atoms with E-state index in [2.05, 4.69) is 26.7 Å². The van der Waals surface area contributed by atoms with Crippen molar-refractivity contribution >= 4 is 33.3 Å². The molecular weight excluding hydrogens is 272 g/mol. The Labute approximate surface area is 122 Å². The van der Waals surface area contributed by atoms with Gasteiger partial charge in [0.1, 0.15) is 10.6 Å². The normalized spacial score (nSPS) is 22.3. The Hall–Kier alpha value is -1.40. The number of aromatic nitrogens is 2. The molecule has 0 spiro atoms. The maximum Gasteiger partial charge on any atom is 0.225 e. The van der Waals surface area contributed by atoms with Crippen LogP contribution in [0, 0.1) is 11.8 Å². The van der Waals surface area contributed by atoms with Crippen molar-refractivity contribution in [2.75, 3.05) is 30.8 Å². The molecule has 108 valence electrons. The lowest BCUT2D eigenvalue weighted by atomic mass is 9.97. The zero-order valence-corrected chi connectivity index (χ0v) is 12.4. The molecule has 0 bridgehead atoms. The monoisotopic (exact) mass is 292 g/mol. The predicted molar refractivity (Wildman–Crippen MR) is 83.4 cm³/mol. The molecule has 2 aromatic heterocycles. The summed E-state index contributed by atoms with van der Waals surface area (Å²) in [5.41, 5.74) is 0. The van der Waals surface area contributed by atoms with Crippen molar-refractivity contribution in [3.8, 4) is 0 Å². The van der Waals surface area contributed by atoms with Crippen LogP contribution in [0.5, 0.6) is 0 Å². The second-order valence-electron chi connectivity index (χ2n) is 5.30. The molecular formula is C14H20N4OS. The Morgan fingerprint density at radius 3 is 3.00 bits per heavy atom. The maximum absolute atomic E-state index is 9.39. The fraction of sp³-hybridized carbons (Fsp3) is 0.571. The Kier molecular flexibility index (Phi) is 4.03. The Bertz CT molecular complexity index is 586. The second-order valence-corrected chi connectivity index (χ2v) is 6.19. The lowest BCUT2D eigenvalue weighted by molar-refractivity contribution is 0.199. The molecule has 6 heteroatoms. The number of hydrogen-bond donors (Lipinski definition) is 3. The highest BCUT2D eigenvalue weighted by molar-refractivity contribution is 7.16. The van der Waals surface area contributed by atoms with Gasteiger partial charge in [-0.15, -0.1) is 11.3 Å². The van der Waals surface area contributed by atoms with Gasteiger partial charge in [0.25, 0.3) is 0 Å². The van der Waals surface area contributed by atoms with E-state index in [1.807, 2.05) is 12.4 Å². The van der Waals surface area contributed by atoms with Crippen molar-refractivity contribution in [2.24, 2.45) is 11.8 Å². The van der Waals surface area contributed by atoms with Crippen LogP contribution in [-0.2, 0) is 0 Å². The minimum Gasteiger partial charge on any atom is -0.396 e. The SMILES string of the molecule is CNc1nc(NCC2CCCC2CO)c2ccsc2n1. The molecule has 0 amide bonds. The minimum atomic E-state index is 0.297. The van der Waals surface area contributed by atoms with Crippen molar-refractivity contribution in [3.05, 3.63) is 11.4 Å². The highest BCUT2D eigenvalue weighted by atomic mass is 32.1. The molecule has 1 saturated carbocycles. The molecule has 3 rings (SSSR count). The summed E-state index contributed by atoms with van der Waals surface area (Å²) in [4.78, 5) is 9.95. The lowest BCUT2D eigenvalue weighted by Gasteiger charge is -2.18. The first-order valence-corrected chi connectivity index (χ1v) is 7.97. The summed E-state index contributed by atoms with van der Waals surface area (Å²) in [5, 5.41) is 19.0. The van der Waals surface area contributed by atoms with Crippen molar-refractivity contribution < 1.29 is 5.11 Å². The summed E-state index contributed by atoms with van der Waals surface area (Å²) < 4.78 is 0. The van der Waals surface area contributed by atoms with Crippen molar-refractivity contribution in [2.45, 2.75) is 19.3 Å². The van der Waals surface area contributed by atoms with Gasteiger partial charge in [0, 0.05) is 20.2 Å². The quantitative estimate of drug-likeness (QED) is 0.790. The number of aliphatic hydroxyl groups excluding tert-OH is 1. The van der Waals surface area contributed by atoms with Crippen molar-refractivity contribution in [3.63, 3.8) is 0 Å². The van der Waals surface area contributed by atoms with Gasteiger partial charge < -0.3 is 15.7 Å². The van der Waals surface area contributed by atoms with Crippen molar-refractivity contribution in [1.29, 1.82) is 0 Å². The van der Waals surface area contributed by atoms with Gasteiger partial charge in [0.2, 0.25) is 5.95 Å². The predicted octanol–water partition coefficient (Wildman–Crippen LogP) is 2.55. The molecule has 0 aromatic carbocycles. The average Bonchev–Trinajstić information content (AvgIpc) is 3.12. The number of fused-ring (bicyclic) bond motifs is 1. The molecule has 2 aromatic rings. The fourth-order valence-electron chi connectivity index (χ4n) is 2.95. The van der Waals surface area contributed by atoms with Gasteiger partial charge in [-0.25, -0.2) is 4.98 Å². The molecule has 3 N–H and O–H groups in total. The van der Waals surface area contributed by atoms with E-state index in [0.717, 1.165) is 29.0 Å². The second kappa shape index (κ2) is 5.93. The van der Waals surface area contributed by atoms with Gasteiger partial charge in [-0.2, -0.15) is 4.98 Å². The third-order valence-corrected chi connectivity index (χ3v) is 4.94. The molecule has 2 unspecified atom stereocenters. The van der Waals surface area contributed by atoms with Crippen LogP contribution in [0.15, 0.2) is 11.4 Å². The number of rotatable bonds is 5. The zero-order valence-electron chi connectivity index (χ0n) is 11.6. The Balaban J connectivity index is 1.78. The van der Waals surface area contributed by atoms with Gasteiger partial charge in [-0.3, -0.25) is 0 Å². The Morgan fingerprint density at radius 1 is 1.35 bits per heavy atom. The van der Waals surface area contributed by atoms with Gasteiger partial charge in [-0.1, -0.05) is 6.42 Å². The first-order valence-electron chi connectivity index (χ1n) is 7.09. The summed E-state index contributed by atoms with van der Waals surface area (Å²) in [5.74, 6) is 2.52. The van der Waals surface area contributed by atoms with Gasteiger partial charge in [0.15, 0.2) is 0 Å². The van der Waals surface area contributed by atoms with E-state index in [0.29, 0.717) is 24.4 Å². The van der Waals surface area contributed by atoms with Gasteiger partial charge in [-0.05, 0) is 36.1 Å². The van der Waals surface area contributed by atoms with Crippen molar-refractivity contribution in [1.82, 2.24) is 9.97 Å². The van der Waals surface area contributed by atoms with E-state index in [9.17, 15) is 5.11 Å². The zero-order chi connectivity index (χ0) is 13.9. The third-order valence-electron chi connectivity index (χ3n) is 4.13. The highest BCUT2D eigenvalue weighted by Gasteiger charge is 2.26. The van der Waals surface area contributed by atoms with E-state index in [1.165, 1.54) is 12.8 Å². The number of thiophene rings is 1. The molecule has 1 aliphatic rings. The third kappa shape index (κ3) is 2.58. The summed E-state index contributed by atoms with van der Waals surface area (Å²) in [7, 11) is 1.83. The van der Waals surface area contributed by atoms with Crippen LogP contribution in [0.3, 0.4) is 0 Å². The fourth-order valence-corrected chi connectivity index (χ4v) is 3.72. The molecule has 0 aliphatic heterocycles. The summed E-state index contributed by atoms with van der Waals surface area (Å²) in [6.07, 6.45) is 3.55. The highest BCUT2D eigenvalue weighted by Crippen LogP contribution is 2.32. The van der Waals surface area contributed by atoms with E-state index in [4.69, 9.17) is 0 Å². The topological polar surface area (TPSA) is 70.1 Å². The first-order chi connectivity index (χ1) is 9.81. The number of hydrogen-bond acceptors (Lipinski definition) is 6. The molecule has 5 nitrogen and oxygen atoms in total. The first kappa shape index (κ1) is 13.6. The smallest absolute Gasteiger partial charge is 0.225 e. The summed E-state index contributed by atoms with van der Waals surface area (Å²) in [6, 6.07) is 2.06. The van der Waals surface area contributed by atoms with Crippen LogP contribution in [-0.4, -0.2) is 35.3 Å². The van der Waals surface area contributed by atoms with Gasteiger partial charge in [0.05, 0.1) is 5.39 Å². The van der Waals surface area contributed by atoms with E-state index >= 15 is 0 Å². The number of aliphatic hydroxyl groups is 1. The molecule has 20 heavy (non-hydrogen) atoms. The van der Waals surface area contributed by atoms with Crippen LogP contribution >= 0.6 is 11.3 Å². The summed E-state index contributed by atoms with van der Waals surface area (Å²) in [6.45, 7) is 1.17. The number of anilines is 2. The van der Waals surface area contributed by atoms with Crippen LogP contribution < -0.4 is 10.6 Å². The van der Waals surface area contributed by atoms with E-state index in [-0.39, 0.29) is 0 Å². The average molecular weight is 292 g/mol.